The number of hydrogen-bond donors (Lipinski definition) is 2. The van der Waals surface area contributed by atoms with Crippen LogP contribution >= 0.6 is 0 Å². The van der Waals surface area contributed by atoms with Gasteiger partial charge in [0.1, 0.15) is 0 Å². The normalized spacial score (nSPS) is 12.0. The molecule has 0 atom stereocenters. The van der Waals surface area contributed by atoms with Crippen LogP contribution in [0.2, 0.25) is 18.1 Å². The quantitative estimate of drug-likeness (QED) is 0.560. The van der Waals surface area contributed by atoms with Gasteiger partial charge >= 0.3 is 0 Å². The van der Waals surface area contributed by atoms with Crippen molar-refractivity contribution in [1.29, 1.82) is 0 Å². The van der Waals surface area contributed by atoms with Crippen LogP contribution in [0.5, 0.6) is 0 Å². The van der Waals surface area contributed by atoms with Gasteiger partial charge in [0.05, 0.1) is 23.1 Å². The molecular formula is C18H29FeN3OSi. The van der Waals surface area contributed by atoms with Crippen molar-refractivity contribution < 1.29 is 21.5 Å². The van der Waals surface area contributed by atoms with E-state index in [0.717, 1.165) is 41.9 Å². The Labute approximate surface area is 157 Å². The second-order valence-electron chi connectivity index (χ2n) is 7.49. The molecule has 3 N–H and O–H groups in total. The van der Waals surface area contributed by atoms with Gasteiger partial charge in [0, 0.05) is 35.6 Å². The first-order valence-corrected chi connectivity index (χ1v) is 11.1. The Hall–Kier alpha value is -1.07. The standard InChI is InChI=1S/C18H29N3OSi.Fe/c1-18(2,3)23(4,5)22-12-8-11-20-16-13-21-15-10-7-6-9-14(15)17(16)19;/h6-7,9-10,13,20H,8,11-12H2,1-5H3,(H2,19,21);. The van der Waals surface area contributed by atoms with Crippen molar-refractivity contribution >= 4 is 30.6 Å². The molecule has 0 bridgehead atoms. The summed E-state index contributed by atoms with van der Waals surface area (Å²) < 4.78 is 6.18. The Kier molecular flexibility index (Phi) is 7.29. The largest absolute Gasteiger partial charge is 0.417 e. The summed E-state index contributed by atoms with van der Waals surface area (Å²) in [5.41, 5.74) is 8.82. The number of nitrogens with one attached hydrogen (secondary N) is 1. The number of aromatic nitrogens is 1. The number of nitrogen functional groups attached to an aromatic ring is 1. The van der Waals surface area contributed by atoms with Crippen LogP contribution in [-0.2, 0) is 21.5 Å². The number of hydrogen-bond acceptors (Lipinski definition) is 4. The van der Waals surface area contributed by atoms with Crippen LogP contribution in [0.4, 0.5) is 11.4 Å². The minimum Gasteiger partial charge on any atom is -0.417 e. The Morgan fingerprint density at radius 3 is 2.54 bits per heavy atom. The zero-order valence-electron chi connectivity index (χ0n) is 15.3. The fourth-order valence-electron chi connectivity index (χ4n) is 2.14. The SMILES string of the molecule is CC(C)(C)[Si](C)(C)OCCCNc1cnc2ccccc2c1N.[Fe]. The molecular weight excluding hydrogens is 358 g/mol. The van der Waals surface area contributed by atoms with Gasteiger partial charge in [-0.05, 0) is 30.6 Å². The first-order valence-electron chi connectivity index (χ1n) is 8.23. The molecule has 134 valence electrons. The predicted octanol–water partition coefficient (Wildman–Crippen LogP) is 4.64. The fourth-order valence-corrected chi connectivity index (χ4v) is 3.23. The minimum atomic E-state index is -1.65. The summed E-state index contributed by atoms with van der Waals surface area (Å²) in [5, 5.41) is 4.63. The predicted molar refractivity (Wildman–Crippen MR) is 102 cm³/mol. The Balaban J connectivity index is 0.00000288. The summed E-state index contributed by atoms with van der Waals surface area (Å²) in [5.74, 6) is 0. The first-order chi connectivity index (χ1) is 10.7. The van der Waals surface area contributed by atoms with Crippen LogP contribution in [0.3, 0.4) is 0 Å². The summed E-state index contributed by atoms with van der Waals surface area (Å²) >= 11 is 0. The molecule has 24 heavy (non-hydrogen) atoms. The average Bonchev–Trinajstić information content (AvgIpc) is 2.48. The molecule has 0 amide bonds. The van der Waals surface area contributed by atoms with Crippen molar-refractivity contribution in [2.45, 2.75) is 45.3 Å². The molecule has 0 unspecified atom stereocenters. The molecule has 2 rings (SSSR count). The minimum absolute atomic E-state index is 0. The number of rotatable bonds is 6. The van der Waals surface area contributed by atoms with Crippen molar-refractivity contribution in [1.82, 2.24) is 4.98 Å². The smallest absolute Gasteiger partial charge is 0.191 e. The Morgan fingerprint density at radius 2 is 1.88 bits per heavy atom. The van der Waals surface area contributed by atoms with E-state index in [-0.39, 0.29) is 22.1 Å². The molecule has 1 heterocycles. The number of fused-ring (bicyclic) bond motifs is 1. The number of nitrogens with two attached hydrogens (primary N) is 1. The van der Waals surface area contributed by atoms with E-state index in [2.05, 4.69) is 44.2 Å². The Bertz CT molecular complexity index is 671. The number of pyridine rings is 1. The third kappa shape index (κ3) is 4.96. The van der Waals surface area contributed by atoms with Crippen molar-refractivity contribution in [2.24, 2.45) is 0 Å². The summed E-state index contributed by atoms with van der Waals surface area (Å²) in [6.07, 6.45) is 2.77. The molecule has 0 aliphatic rings. The molecule has 0 saturated heterocycles. The first kappa shape index (κ1) is 21.0. The molecule has 0 saturated carbocycles. The van der Waals surface area contributed by atoms with E-state index < -0.39 is 8.32 Å². The van der Waals surface area contributed by atoms with E-state index in [4.69, 9.17) is 10.2 Å². The molecule has 1 aromatic heterocycles. The summed E-state index contributed by atoms with van der Waals surface area (Å²) in [4.78, 5) is 4.45. The van der Waals surface area contributed by atoms with Gasteiger partial charge in [0.25, 0.3) is 0 Å². The molecule has 0 aliphatic heterocycles. The summed E-state index contributed by atoms with van der Waals surface area (Å²) in [6, 6.07) is 7.93. The van der Waals surface area contributed by atoms with Gasteiger partial charge in [-0.2, -0.15) is 0 Å². The van der Waals surface area contributed by atoms with Crippen molar-refractivity contribution in [3.63, 3.8) is 0 Å². The maximum atomic E-state index is 6.23. The second kappa shape index (κ2) is 8.34. The molecule has 4 nitrogen and oxygen atoms in total. The Morgan fingerprint density at radius 1 is 1.21 bits per heavy atom. The molecule has 2 aromatic rings. The van der Waals surface area contributed by atoms with E-state index in [1.54, 1.807) is 0 Å². The van der Waals surface area contributed by atoms with Crippen molar-refractivity contribution in [3.8, 4) is 0 Å². The van der Waals surface area contributed by atoms with Crippen molar-refractivity contribution in [2.75, 3.05) is 24.2 Å². The van der Waals surface area contributed by atoms with Crippen LogP contribution in [0, 0.1) is 0 Å². The summed E-state index contributed by atoms with van der Waals surface area (Å²) in [7, 11) is -1.65. The van der Waals surface area contributed by atoms with Gasteiger partial charge in [0.2, 0.25) is 0 Å². The van der Waals surface area contributed by atoms with Crippen LogP contribution in [0.25, 0.3) is 10.9 Å². The number of benzene rings is 1. The van der Waals surface area contributed by atoms with Gasteiger partial charge in [-0.25, -0.2) is 0 Å². The average molecular weight is 387 g/mol. The maximum absolute atomic E-state index is 6.23. The van der Waals surface area contributed by atoms with Crippen LogP contribution in [0.1, 0.15) is 27.2 Å². The van der Waals surface area contributed by atoms with E-state index >= 15 is 0 Å². The zero-order valence-corrected chi connectivity index (χ0v) is 17.4. The molecule has 0 fully saturated rings. The van der Waals surface area contributed by atoms with Crippen LogP contribution < -0.4 is 11.1 Å². The monoisotopic (exact) mass is 387 g/mol. The molecule has 1 aromatic carbocycles. The van der Waals surface area contributed by atoms with Crippen LogP contribution in [-0.4, -0.2) is 26.5 Å². The second-order valence-corrected chi connectivity index (χ2v) is 12.3. The van der Waals surface area contributed by atoms with Gasteiger partial charge in [0.15, 0.2) is 8.32 Å². The van der Waals surface area contributed by atoms with Gasteiger partial charge in [-0.3, -0.25) is 4.98 Å². The van der Waals surface area contributed by atoms with E-state index in [1.807, 2.05) is 30.5 Å². The zero-order chi connectivity index (χ0) is 17.1. The number of nitrogens with zero attached hydrogens (tertiary/aromatic N) is 1. The third-order valence-corrected chi connectivity index (χ3v) is 9.26. The maximum Gasteiger partial charge on any atom is 0.191 e. The third-order valence-electron chi connectivity index (χ3n) is 4.72. The van der Waals surface area contributed by atoms with Gasteiger partial charge < -0.3 is 15.5 Å². The topological polar surface area (TPSA) is 60.2 Å². The summed E-state index contributed by atoms with van der Waals surface area (Å²) in [6.45, 7) is 13.0. The number of para-hydroxylation sites is 1. The van der Waals surface area contributed by atoms with Gasteiger partial charge in [-0.15, -0.1) is 0 Å². The van der Waals surface area contributed by atoms with Crippen molar-refractivity contribution in [3.05, 3.63) is 30.5 Å². The molecule has 6 heteroatoms. The molecule has 0 spiro atoms. The van der Waals surface area contributed by atoms with Gasteiger partial charge in [-0.1, -0.05) is 39.0 Å². The van der Waals surface area contributed by atoms with Crippen LogP contribution in [0.15, 0.2) is 30.5 Å². The van der Waals surface area contributed by atoms with E-state index in [1.165, 1.54) is 0 Å². The molecule has 0 aliphatic carbocycles. The number of anilines is 2. The fraction of sp³-hybridized carbons (Fsp3) is 0.500. The molecule has 0 radical (unpaired) electrons. The van der Waals surface area contributed by atoms with E-state index in [9.17, 15) is 0 Å². The van der Waals surface area contributed by atoms with E-state index in [0.29, 0.717) is 0 Å².